The van der Waals surface area contributed by atoms with Crippen LogP contribution in [0.15, 0.2) is 65.9 Å². The number of carbonyl (C=O) groups is 2. The minimum atomic E-state index is -1.40. The van der Waals surface area contributed by atoms with E-state index < -0.39 is 23.8 Å². The molecule has 3 aliphatic carbocycles. The van der Waals surface area contributed by atoms with Gasteiger partial charge in [-0.15, -0.1) is 6.58 Å². The van der Waals surface area contributed by atoms with Crippen LogP contribution < -0.4 is 24.3 Å². The van der Waals surface area contributed by atoms with Gasteiger partial charge >= 0.3 is 6.09 Å². The molecule has 7 rings (SSSR count). The molecule has 13 nitrogen and oxygen atoms in total. The molecule has 2 amide bonds. The average Bonchev–Trinajstić information content (AvgIpc) is 4.07. The summed E-state index contributed by atoms with van der Waals surface area (Å²) in [6.45, 7) is 7.60. The lowest BCUT2D eigenvalue weighted by molar-refractivity contribution is -0.258. The molecule has 2 fully saturated rings. The molecule has 2 aromatic carbocycles. The molecule has 362 valence electrons. The zero-order chi connectivity index (χ0) is 46.3. The van der Waals surface area contributed by atoms with Gasteiger partial charge in [0, 0.05) is 50.1 Å². The van der Waals surface area contributed by atoms with Gasteiger partial charge in [-0.3, -0.25) is 4.79 Å². The van der Waals surface area contributed by atoms with Crippen LogP contribution in [0, 0.1) is 23.7 Å². The number of allylic oxidation sites excluding steroid dienone is 1. The molecule has 2 saturated carbocycles. The highest BCUT2D eigenvalue weighted by atomic mass is 16.7. The summed E-state index contributed by atoms with van der Waals surface area (Å²) in [5.74, 6) is 0.197. The minimum Gasteiger partial charge on any atom is -0.459 e. The first kappa shape index (κ1) is 49.3. The van der Waals surface area contributed by atoms with Crippen LogP contribution >= 0.6 is 0 Å². The summed E-state index contributed by atoms with van der Waals surface area (Å²) in [7, 11) is 1.55. The molecule has 2 heterocycles. The highest BCUT2D eigenvalue weighted by molar-refractivity contribution is 6.03. The fourth-order valence-corrected chi connectivity index (χ4v) is 10.9. The van der Waals surface area contributed by atoms with Gasteiger partial charge in [0.1, 0.15) is 24.7 Å². The van der Waals surface area contributed by atoms with Gasteiger partial charge in [-0.25, -0.2) is 4.79 Å². The standard InChI is InChI=1S/C53H75N3O10/c1-4-6-7-8-9-10-11-12-13-16-27-54-52(60)65-40-24-26-45-43(33-40)49-41(20-15-18-29-58)39(19-14-17-28-57)32-42-44(55-61-3)34-48(53(66-45,50(42)49)64-30-5-2)56(51(59)38-22-23-38)35-37-21-25-46-47(31-37)63-36-62-46/h5,21,24-26,31-33,38-39,41,48-50,57-58H,2,4,6-20,22-23,27-30,34-36H2,1,3H3,(H,54,60)/t39-,41+,48-,49+,50+,53+/m0/s1. The second-order valence-corrected chi connectivity index (χ2v) is 18.9. The summed E-state index contributed by atoms with van der Waals surface area (Å²) in [4.78, 5) is 35.7. The number of benzene rings is 2. The van der Waals surface area contributed by atoms with Gasteiger partial charge in [0.15, 0.2) is 11.5 Å². The summed E-state index contributed by atoms with van der Waals surface area (Å²) in [5, 5.41) is 27.6. The van der Waals surface area contributed by atoms with Crippen molar-refractivity contribution in [1.29, 1.82) is 0 Å². The van der Waals surface area contributed by atoms with E-state index in [2.05, 4.69) is 24.9 Å². The predicted octanol–water partition coefficient (Wildman–Crippen LogP) is 10.1. The van der Waals surface area contributed by atoms with Crippen molar-refractivity contribution < 1.29 is 48.3 Å². The summed E-state index contributed by atoms with van der Waals surface area (Å²) in [6.07, 6.45) is 22.2. The quantitative estimate of drug-likeness (QED) is 0.0426. The van der Waals surface area contributed by atoms with Crippen LogP contribution in [0.3, 0.4) is 0 Å². The fraction of sp³-hybridized carbons (Fsp3) is 0.642. The van der Waals surface area contributed by atoms with Gasteiger partial charge in [0.2, 0.25) is 18.5 Å². The molecule has 0 unspecified atom stereocenters. The van der Waals surface area contributed by atoms with Crippen LogP contribution in [-0.2, 0) is 20.9 Å². The fourth-order valence-electron chi connectivity index (χ4n) is 10.9. The van der Waals surface area contributed by atoms with Gasteiger partial charge in [0.05, 0.1) is 18.2 Å². The van der Waals surface area contributed by atoms with E-state index in [1.54, 1.807) is 19.3 Å². The topological polar surface area (TPSA) is 158 Å². The van der Waals surface area contributed by atoms with Gasteiger partial charge in [-0.05, 0) is 98.2 Å². The largest absolute Gasteiger partial charge is 0.459 e. The van der Waals surface area contributed by atoms with E-state index in [-0.39, 0.29) is 62.7 Å². The number of amides is 2. The van der Waals surface area contributed by atoms with Crippen molar-refractivity contribution in [3.63, 3.8) is 0 Å². The number of aliphatic hydroxyl groups is 2. The number of fused-ring (bicyclic) bond motifs is 3. The lowest BCUT2D eigenvalue weighted by Gasteiger charge is -2.60. The SMILES string of the molecule is C=CCO[C@@]12Oc3ccc(OC(=O)NCCCCCCCCCCCC)cc3[C@H]3[C@H](CCCCO)[C@@H](CCCCO)C=C(C(=NOC)C[C@@H]1N(Cc1ccc4c(c1)OCO4)C(=O)C1CC1)[C@H]32. The predicted molar refractivity (Wildman–Crippen MR) is 254 cm³/mol. The lowest BCUT2D eigenvalue weighted by atomic mass is 9.55. The van der Waals surface area contributed by atoms with E-state index in [4.69, 9.17) is 33.7 Å². The Kier molecular flexibility index (Phi) is 18.3. The molecule has 2 aliphatic heterocycles. The zero-order valence-electron chi connectivity index (χ0n) is 39.5. The van der Waals surface area contributed by atoms with Crippen molar-refractivity contribution in [3.05, 3.63) is 71.8 Å². The highest BCUT2D eigenvalue weighted by Gasteiger charge is 2.66. The zero-order valence-corrected chi connectivity index (χ0v) is 39.5. The Hall–Kier alpha value is -4.59. The number of nitrogens with one attached hydrogen (secondary N) is 1. The van der Waals surface area contributed by atoms with Crippen molar-refractivity contribution >= 4 is 17.7 Å². The molecule has 66 heavy (non-hydrogen) atoms. The Morgan fingerprint density at radius 1 is 0.894 bits per heavy atom. The summed E-state index contributed by atoms with van der Waals surface area (Å²) < 4.78 is 31.9. The molecule has 0 radical (unpaired) electrons. The number of nitrogens with zero attached hydrogens (tertiary/aromatic N) is 2. The second-order valence-electron chi connectivity index (χ2n) is 18.9. The number of ether oxygens (including phenoxy) is 5. The first-order chi connectivity index (χ1) is 32.3. The number of oxime groups is 1. The normalized spacial score (nSPS) is 24.2. The summed E-state index contributed by atoms with van der Waals surface area (Å²) in [5.41, 5.74) is 3.44. The maximum absolute atomic E-state index is 14.8. The molecule has 3 N–H and O–H groups in total. The molecular formula is C53H75N3O10. The third-order valence-corrected chi connectivity index (χ3v) is 14.2. The maximum atomic E-state index is 14.8. The number of hydrogen-bond donors (Lipinski definition) is 3. The average molecular weight is 914 g/mol. The maximum Gasteiger partial charge on any atom is 0.412 e. The second kappa shape index (κ2) is 24.4. The van der Waals surface area contributed by atoms with E-state index in [0.29, 0.717) is 48.8 Å². The summed E-state index contributed by atoms with van der Waals surface area (Å²) >= 11 is 0. The Balaban J connectivity index is 1.24. The molecule has 0 aromatic heterocycles. The van der Waals surface area contributed by atoms with Crippen LogP contribution in [0.2, 0.25) is 0 Å². The molecule has 0 spiro atoms. The molecular weight excluding hydrogens is 839 g/mol. The summed E-state index contributed by atoms with van der Waals surface area (Å²) in [6, 6.07) is 10.7. The molecule has 0 bridgehead atoms. The molecule has 6 atom stereocenters. The molecule has 0 saturated heterocycles. The third kappa shape index (κ3) is 11.9. The van der Waals surface area contributed by atoms with Gasteiger partial charge in [0.25, 0.3) is 0 Å². The van der Waals surface area contributed by atoms with Crippen LogP contribution in [0.4, 0.5) is 4.79 Å². The Morgan fingerprint density at radius 3 is 2.32 bits per heavy atom. The van der Waals surface area contributed by atoms with Crippen molar-refractivity contribution in [3.8, 4) is 23.0 Å². The van der Waals surface area contributed by atoms with E-state index in [0.717, 1.165) is 80.2 Å². The lowest BCUT2D eigenvalue weighted by Crippen LogP contribution is -2.70. The molecule has 5 aliphatic rings. The number of aliphatic hydroxyl groups excluding tert-OH is 2. The minimum absolute atomic E-state index is 0.0270. The molecule has 2 aromatic rings. The van der Waals surface area contributed by atoms with E-state index in [1.165, 1.54) is 44.9 Å². The first-order valence-electron chi connectivity index (χ1n) is 25.1. The first-order valence-corrected chi connectivity index (χ1v) is 25.1. The Labute approximate surface area is 392 Å². The highest BCUT2D eigenvalue weighted by Crippen LogP contribution is 2.62. The number of hydrogen-bond acceptors (Lipinski definition) is 11. The van der Waals surface area contributed by atoms with Crippen LogP contribution in [0.25, 0.3) is 0 Å². The van der Waals surface area contributed by atoms with E-state index in [9.17, 15) is 19.8 Å². The molecule has 13 heteroatoms. The van der Waals surface area contributed by atoms with Crippen LogP contribution in [0.5, 0.6) is 23.0 Å². The van der Waals surface area contributed by atoms with Crippen molar-refractivity contribution in [2.45, 2.75) is 153 Å². The van der Waals surface area contributed by atoms with E-state index >= 15 is 0 Å². The number of unbranched alkanes of at least 4 members (excludes halogenated alkanes) is 11. The number of carbonyl (C=O) groups excluding carboxylic acids is 2. The van der Waals surface area contributed by atoms with Gasteiger partial charge in [-0.1, -0.05) is 101 Å². The van der Waals surface area contributed by atoms with Gasteiger partial charge < -0.3 is 49.0 Å². The monoisotopic (exact) mass is 914 g/mol. The Bertz CT molecular complexity index is 1980. The number of rotatable bonds is 28. The van der Waals surface area contributed by atoms with E-state index in [1.807, 2.05) is 35.2 Å². The van der Waals surface area contributed by atoms with Crippen LogP contribution in [0.1, 0.15) is 146 Å². The van der Waals surface area contributed by atoms with Crippen molar-refractivity contribution in [2.24, 2.45) is 28.8 Å². The van der Waals surface area contributed by atoms with Gasteiger partial charge in [-0.2, -0.15) is 0 Å². The van der Waals surface area contributed by atoms with Crippen molar-refractivity contribution in [1.82, 2.24) is 10.2 Å². The Morgan fingerprint density at radius 2 is 1.61 bits per heavy atom. The van der Waals surface area contributed by atoms with Crippen LogP contribution in [-0.4, -0.2) is 84.9 Å². The van der Waals surface area contributed by atoms with Crippen molar-refractivity contribution in [2.75, 3.05) is 40.3 Å². The smallest absolute Gasteiger partial charge is 0.412 e. The third-order valence-electron chi connectivity index (χ3n) is 14.2.